The molecule has 0 aliphatic rings. The van der Waals surface area contributed by atoms with Gasteiger partial charge >= 0.3 is 0 Å². The highest BCUT2D eigenvalue weighted by molar-refractivity contribution is 9.10. The van der Waals surface area contributed by atoms with Gasteiger partial charge in [-0.2, -0.15) is 0 Å². The summed E-state index contributed by atoms with van der Waals surface area (Å²) in [4.78, 5) is 11.5. The van der Waals surface area contributed by atoms with Crippen molar-refractivity contribution in [2.75, 3.05) is 5.73 Å². The van der Waals surface area contributed by atoms with Crippen LogP contribution >= 0.6 is 15.9 Å². The molecular weight excluding hydrogens is 332 g/mol. The van der Waals surface area contributed by atoms with Gasteiger partial charge in [0.25, 0.3) is 5.91 Å². The number of hydrogen-bond acceptors (Lipinski definition) is 3. The fourth-order valence-electron chi connectivity index (χ4n) is 2.04. The Kier molecular flexibility index (Phi) is 4.53. The summed E-state index contributed by atoms with van der Waals surface area (Å²) >= 11 is 3.45. The van der Waals surface area contributed by atoms with Crippen molar-refractivity contribution in [2.24, 2.45) is 5.73 Å². The number of amides is 1. The van der Waals surface area contributed by atoms with Gasteiger partial charge in [-0.05, 0) is 41.8 Å². The van der Waals surface area contributed by atoms with E-state index in [-0.39, 0.29) is 11.5 Å². The molecule has 110 valence electrons. The van der Waals surface area contributed by atoms with Crippen molar-refractivity contribution in [3.8, 4) is 11.5 Å². The van der Waals surface area contributed by atoms with E-state index in [1.165, 1.54) is 0 Å². The van der Waals surface area contributed by atoms with Gasteiger partial charge in [-0.1, -0.05) is 35.8 Å². The molecule has 0 spiro atoms. The fraction of sp³-hybridized carbons (Fsp3) is 0.188. The maximum atomic E-state index is 11.5. The summed E-state index contributed by atoms with van der Waals surface area (Å²) in [5.41, 5.74) is 13.0. The summed E-state index contributed by atoms with van der Waals surface area (Å²) in [6.07, 6.45) is 0. The predicted octanol–water partition coefficient (Wildman–Crippen LogP) is 4.05. The van der Waals surface area contributed by atoms with Gasteiger partial charge in [0.1, 0.15) is 5.75 Å². The number of halogens is 1. The molecule has 4 N–H and O–H groups in total. The predicted molar refractivity (Wildman–Crippen MR) is 87.7 cm³/mol. The molecule has 2 aromatic carbocycles. The smallest absolute Gasteiger partial charge is 0.252 e. The van der Waals surface area contributed by atoms with Crippen molar-refractivity contribution < 1.29 is 9.53 Å². The number of primary amides is 1. The van der Waals surface area contributed by atoms with E-state index in [0.29, 0.717) is 17.2 Å². The van der Waals surface area contributed by atoms with Crippen LogP contribution in [0.15, 0.2) is 40.9 Å². The number of carbonyl (C=O) groups excluding carboxylic acids is 1. The van der Waals surface area contributed by atoms with Gasteiger partial charge in [-0.3, -0.25) is 4.79 Å². The van der Waals surface area contributed by atoms with Crippen molar-refractivity contribution in [1.82, 2.24) is 0 Å². The molecular formula is C16H17BrN2O2. The Hall–Kier alpha value is -2.01. The van der Waals surface area contributed by atoms with E-state index >= 15 is 0 Å². The van der Waals surface area contributed by atoms with Crippen LogP contribution in [0.2, 0.25) is 0 Å². The molecule has 0 saturated carbocycles. The van der Waals surface area contributed by atoms with Crippen LogP contribution in [0.3, 0.4) is 0 Å². The molecule has 2 rings (SSSR count). The van der Waals surface area contributed by atoms with Crippen LogP contribution < -0.4 is 16.2 Å². The first kappa shape index (κ1) is 15.4. The Morgan fingerprint density at radius 2 is 1.95 bits per heavy atom. The normalized spacial score (nSPS) is 10.7. The zero-order valence-corrected chi connectivity index (χ0v) is 13.5. The topological polar surface area (TPSA) is 78.3 Å². The van der Waals surface area contributed by atoms with E-state index in [9.17, 15) is 4.79 Å². The van der Waals surface area contributed by atoms with E-state index in [1.807, 2.05) is 18.2 Å². The Morgan fingerprint density at radius 3 is 2.57 bits per heavy atom. The van der Waals surface area contributed by atoms with Gasteiger partial charge in [0, 0.05) is 4.47 Å². The maximum absolute atomic E-state index is 11.5. The number of anilines is 1. The molecule has 2 aromatic rings. The molecule has 21 heavy (non-hydrogen) atoms. The van der Waals surface area contributed by atoms with Crippen molar-refractivity contribution >= 4 is 27.5 Å². The van der Waals surface area contributed by atoms with Crippen molar-refractivity contribution in [1.29, 1.82) is 0 Å². The summed E-state index contributed by atoms with van der Waals surface area (Å²) in [5, 5.41) is 0. The van der Waals surface area contributed by atoms with E-state index in [1.54, 1.807) is 18.2 Å². The number of benzene rings is 2. The van der Waals surface area contributed by atoms with Crippen LogP contribution in [0, 0.1) is 0 Å². The SMILES string of the molecule is CC(C)c1cc(Br)ccc1Oc1c(N)cccc1C(N)=O. The largest absolute Gasteiger partial charge is 0.454 e. The van der Waals surface area contributed by atoms with Gasteiger partial charge in [0.05, 0.1) is 11.3 Å². The quantitative estimate of drug-likeness (QED) is 0.818. The lowest BCUT2D eigenvalue weighted by Gasteiger charge is -2.17. The van der Waals surface area contributed by atoms with E-state index in [2.05, 4.69) is 29.8 Å². The second-order valence-corrected chi connectivity index (χ2v) is 5.94. The number of nitrogen functional groups attached to an aromatic ring is 1. The Labute approximate surface area is 132 Å². The first-order valence-electron chi connectivity index (χ1n) is 6.55. The molecule has 1 amide bonds. The highest BCUT2D eigenvalue weighted by atomic mass is 79.9. The molecule has 4 nitrogen and oxygen atoms in total. The Morgan fingerprint density at radius 1 is 1.24 bits per heavy atom. The molecule has 0 aliphatic carbocycles. The third-order valence-electron chi connectivity index (χ3n) is 3.12. The summed E-state index contributed by atoms with van der Waals surface area (Å²) in [5.74, 6) is 0.655. The second kappa shape index (κ2) is 6.18. The molecule has 0 aromatic heterocycles. The molecule has 0 aliphatic heterocycles. The molecule has 0 atom stereocenters. The van der Waals surface area contributed by atoms with Gasteiger partial charge in [-0.15, -0.1) is 0 Å². The van der Waals surface area contributed by atoms with Crippen molar-refractivity contribution in [3.63, 3.8) is 0 Å². The molecule has 5 heteroatoms. The minimum atomic E-state index is -0.569. The number of rotatable bonds is 4. The summed E-state index contributed by atoms with van der Waals surface area (Å²) in [6, 6.07) is 10.7. The highest BCUT2D eigenvalue weighted by Gasteiger charge is 2.16. The van der Waals surface area contributed by atoms with E-state index < -0.39 is 5.91 Å². The lowest BCUT2D eigenvalue weighted by molar-refractivity contribution is 0.0998. The first-order chi connectivity index (χ1) is 9.90. The van der Waals surface area contributed by atoms with Crippen LogP contribution in [0.25, 0.3) is 0 Å². The number of hydrogen-bond donors (Lipinski definition) is 2. The molecule has 0 saturated heterocycles. The van der Waals surface area contributed by atoms with Gasteiger partial charge in [-0.25, -0.2) is 0 Å². The summed E-state index contributed by atoms with van der Waals surface area (Å²) in [7, 11) is 0. The van der Waals surface area contributed by atoms with Crippen LogP contribution in [0.5, 0.6) is 11.5 Å². The lowest BCUT2D eigenvalue weighted by Crippen LogP contribution is -2.13. The molecule has 0 heterocycles. The van der Waals surface area contributed by atoms with Gasteiger partial charge < -0.3 is 16.2 Å². The molecule has 0 radical (unpaired) electrons. The van der Waals surface area contributed by atoms with Gasteiger partial charge in [0.2, 0.25) is 0 Å². The lowest BCUT2D eigenvalue weighted by atomic mass is 10.0. The summed E-state index contributed by atoms with van der Waals surface area (Å²) < 4.78 is 6.87. The summed E-state index contributed by atoms with van der Waals surface area (Å²) in [6.45, 7) is 4.13. The number of para-hydroxylation sites is 1. The van der Waals surface area contributed by atoms with E-state index in [0.717, 1.165) is 10.0 Å². The Balaban J connectivity index is 2.51. The second-order valence-electron chi connectivity index (χ2n) is 5.03. The maximum Gasteiger partial charge on any atom is 0.252 e. The average Bonchev–Trinajstić information content (AvgIpc) is 2.42. The van der Waals surface area contributed by atoms with Crippen molar-refractivity contribution in [2.45, 2.75) is 19.8 Å². The monoisotopic (exact) mass is 348 g/mol. The standard InChI is InChI=1S/C16H17BrN2O2/c1-9(2)12-8-10(17)6-7-14(12)21-15-11(16(19)20)4-3-5-13(15)18/h3-9H,18H2,1-2H3,(H2,19,20). The van der Waals surface area contributed by atoms with Gasteiger partial charge in [0.15, 0.2) is 5.75 Å². The van der Waals surface area contributed by atoms with Crippen molar-refractivity contribution in [3.05, 3.63) is 52.0 Å². The third-order valence-corrected chi connectivity index (χ3v) is 3.61. The number of nitrogens with two attached hydrogens (primary N) is 2. The van der Waals surface area contributed by atoms with Crippen LogP contribution in [0.4, 0.5) is 5.69 Å². The molecule has 0 bridgehead atoms. The zero-order valence-electron chi connectivity index (χ0n) is 11.9. The third kappa shape index (κ3) is 3.36. The zero-order chi connectivity index (χ0) is 15.6. The Bertz CT molecular complexity index is 684. The molecule has 0 fully saturated rings. The van der Waals surface area contributed by atoms with Crippen LogP contribution in [0.1, 0.15) is 35.7 Å². The average molecular weight is 349 g/mol. The minimum absolute atomic E-state index is 0.263. The number of ether oxygens (including phenoxy) is 1. The fourth-order valence-corrected chi connectivity index (χ4v) is 2.42. The number of carbonyl (C=O) groups is 1. The van der Waals surface area contributed by atoms with Crippen LogP contribution in [-0.4, -0.2) is 5.91 Å². The highest BCUT2D eigenvalue weighted by Crippen LogP contribution is 2.36. The van der Waals surface area contributed by atoms with Crippen LogP contribution in [-0.2, 0) is 0 Å². The van der Waals surface area contributed by atoms with E-state index in [4.69, 9.17) is 16.2 Å². The first-order valence-corrected chi connectivity index (χ1v) is 7.35. The minimum Gasteiger partial charge on any atom is -0.454 e. The molecule has 0 unspecified atom stereocenters.